The van der Waals surface area contributed by atoms with Crippen LogP contribution in [0.15, 0.2) is 18.2 Å². The highest BCUT2D eigenvalue weighted by Crippen LogP contribution is 2.34. The molecule has 1 heteroatoms. The summed E-state index contributed by atoms with van der Waals surface area (Å²) in [7, 11) is 0. The second-order valence-corrected chi connectivity index (χ2v) is 4.61. The molecular formula is C14H19F. The minimum Gasteiger partial charge on any atom is -0.207 e. The van der Waals surface area contributed by atoms with Crippen molar-refractivity contribution in [3.63, 3.8) is 0 Å². The van der Waals surface area contributed by atoms with Gasteiger partial charge in [-0.2, -0.15) is 0 Å². The minimum atomic E-state index is -0.0250. The monoisotopic (exact) mass is 206 g/mol. The van der Waals surface area contributed by atoms with Crippen LogP contribution in [0.1, 0.15) is 43.7 Å². The van der Waals surface area contributed by atoms with E-state index in [1.807, 2.05) is 12.1 Å². The van der Waals surface area contributed by atoms with Crippen molar-refractivity contribution in [2.45, 2.75) is 45.4 Å². The van der Waals surface area contributed by atoms with Gasteiger partial charge in [-0.3, -0.25) is 0 Å². The minimum absolute atomic E-state index is 0.0250. The lowest BCUT2D eigenvalue weighted by Crippen LogP contribution is -1.94. The molecule has 0 bridgehead atoms. The lowest BCUT2D eigenvalue weighted by atomic mass is 10.0. The Hall–Kier alpha value is -0.850. The van der Waals surface area contributed by atoms with Crippen molar-refractivity contribution < 1.29 is 4.39 Å². The Bertz CT molecular complexity index is 326. The van der Waals surface area contributed by atoms with E-state index in [2.05, 4.69) is 6.92 Å². The molecule has 1 aromatic carbocycles. The summed E-state index contributed by atoms with van der Waals surface area (Å²) < 4.78 is 13.4. The van der Waals surface area contributed by atoms with Gasteiger partial charge in [0.25, 0.3) is 0 Å². The summed E-state index contributed by atoms with van der Waals surface area (Å²) in [5.41, 5.74) is 2.16. The Kier molecular flexibility index (Phi) is 3.40. The number of aryl methyl sites for hydroxylation is 2. The number of rotatable bonds is 5. The largest absolute Gasteiger partial charge is 0.207 e. The first-order valence-electron chi connectivity index (χ1n) is 6.07. The summed E-state index contributed by atoms with van der Waals surface area (Å²) in [6, 6.07) is 5.53. The van der Waals surface area contributed by atoms with Crippen molar-refractivity contribution in [3.05, 3.63) is 35.1 Å². The van der Waals surface area contributed by atoms with Gasteiger partial charge >= 0.3 is 0 Å². The van der Waals surface area contributed by atoms with E-state index in [0.717, 1.165) is 30.7 Å². The highest BCUT2D eigenvalue weighted by Gasteiger charge is 2.20. The lowest BCUT2D eigenvalue weighted by molar-refractivity contribution is 0.591. The van der Waals surface area contributed by atoms with Crippen LogP contribution in [0.3, 0.4) is 0 Å². The summed E-state index contributed by atoms with van der Waals surface area (Å²) in [4.78, 5) is 0. The molecule has 0 nitrogen and oxygen atoms in total. The van der Waals surface area contributed by atoms with Crippen molar-refractivity contribution in [1.29, 1.82) is 0 Å². The molecule has 0 spiro atoms. The van der Waals surface area contributed by atoms with Gasteiger partial charge in [-0.25, -0.2) is 4.39 Å². The molecule has 0 amide bonds. The van der Waals surface area contributed by atoms with Gasteiger partial charge < -0.3 is 0 Å². The molecule has 1 aliphatic carbocycles. The average molecular weight is 206 g/mol. The van der Waals surface area contributed by atoms with Crippen LogP contribution in [-0.2, 0) is 12.8 Å². The molecule has 0 aromatic heterocycles. The molecule has 0 aliphatic heterocycles. The fraction of sp³-hybridized carbons (Fsp3) is 0.571. The molecule has 0 radical (unpaired) electrons. The fourth-order valence-electron chi connectivity index (χ4n) is 2.03. The first-order chi connectivity index (χ1) is 7.29. The third-order valence-corrected chi connectivity index (χ3v) is 3.27. The Morgan fingerprint density at radius 3 is 2.80 bits per heavy atom. The fourth-order valence-corrected chi connectivity index (χ4v) is 2.03. The first-order valence-corrected chi connectivity index (χ1v) is 6.07. The van der Waals surface area contributed by atoms with Crippen molar-refractivity contribution in [1.82, 2.24) is 0 Å². The van der Waals surface area contributed by atoms with Gasteiger partial charge in [-0.05, 0) is 42.4 Å². The molecule has 0 unspecified atom stereocenters. The average Bonchev–Trinajstić information content (AvgIpc) is 3.05. The van der Waals surface area contributed by atoms with Crippen molar-refractivity contribution in [2.75, 3.05) is 0 Å². The van der Waals surface area contributed by atoms with E-state index in [0.29, 0.717) is 0 Å². The third-order valence-electron chi connectivity index (χ3n) is 3.27. The van der Waals surface area contributed by atoms with Crippen LogP contribution in [-0.4, -0.2) is 0 Å². The molecule has 2 rings (SSSR count). The molecule has 1 aromatic rings. The van der Waals surface area contributed by atoms with Gasteiger partial charge in [0.15, 0.2) is 0 Å². The maximum atomic E-state index is 13.4. The van der Waals surface area contributed by atoms with Crippen LogP contribution in [0.2, 0.25) is 0 Å². The van der Waals surface area contributed by atoms with Gasteiger partial charge in [0, 0.05) is 0 Å². The Balaban J connectivity index is 1.92. The van der Waals surface area contributed by atoms with E-state index < -0.39 is 0 Å². The van der Waals surface area contributed by atoms with Crippen LogP contribution >= 0.6 is 0 Å². The normalized spacial score (nSPS) is 15.6. The van der Waals surface area contributed by atoms with Gasteiger partial charge in [-0.1, -0.05) is 38.3 Å². The van der Waals surface area contributed by atoms with E-state index >= 15 is 0 Å². The van der Waals surface area contributed by atoms with Gasteiger partial charge in [0.2, 0.25) is 0 Å². The number of hydrogen-bond donors (Lipinski definition) is 0. The molecule has 1 fully saturated rings. The zero-order chi connectivity index (χ0) is 10.7. The Labute approximate surface area is 91.5 Å². The van der Waals surface area contributed by atoms with E-state index in [1.165, 1.54) is 24.8 Å². The standard InChI is InChI=1S/C14H19F/c1-2-11-8-9-14(15)13(10-11)5-3-4-12-6-7-12/h8-10,12H,2-7H2,1H3. The molecular weight excluding hydrogens is 187 g/mol. The Morgan fingerprint density at radius 1 is 1.33 bits per heavy atom. The van der Waals surface area contributed by atoms with E-state index in [4.69, 9.17) is 0 Å². The van der Waals surface area contributed by atoms with Crippen LogP contribution in [0.5, 0.6) is 0 Å². The molecule has 82 valence electrons. The van der Waals surface area contributed by atoms with E-state index in [1.54, 1.807) is 6.07 Å². The van der Waals surface area contributed by atoms with Gasteiger partial charge in [0.05, 0.1) is 0 Å². The molecule has 0 N–H and O–H groups in total. The smallest absolute Gasteiger partial charge is 0.126 e. The van der Waals surface area contributed by atoms with Gasteiger partial charge in [-0.15, -0.1) is 0 Å². The molecule has 1 saturated carbocycles. The zero-order valence-electron chi connectivity index (χ0n) is 9.43. The van der Waals surface area contributed by atoms with Crippen LogP contribution in [0.25, 0.3) is 0 Å². The molecule has 0 heterocycles. The van der Waals surface area contributed by atoms with Crippen molar-refractivity contribution in [3.8, 4) is 0 Å². The predicted molar refractivity (Wildman–Crippen MR) is 61.4 cm³/mol. The molecule has 0 saturated heterocycles. The van der Waals surface area contributed by atoms with E-state index in [-0.39, 0.29) is 5.82 Å². The topological polar surface area (TPSA) is 0 Å². The molecule has 0 atom stereocenters. The number of benzene rings is 1. The van der Waals surface area contributed by atoms with Crippen LogP contribution < -0.4 is 0 Å². The second kappa shape index (κ2) is 4.78. The highest BCUT2D eigenvalue weighted by molar-refractivity contribution is 5.25. The maximum absolute atomic E-state index is 13.4. The van der Waals surface area contributed by atoms with Gasteiger partial charge in [0.1, 0.15) is 5.82 Å². The summed E-state index contributed by atoms with van der Waals surface area (Å²) in [5.74, 6) is 0.936. The lowest BCUT2D eigenvalue weighted by Gasteiger charge is -2.05. The number of hydrogen-bond acceptors (Lipinski definition) is 0. The SMILES string of the molecule is CCc1ccc(F)c(CCCC2CC2)c1. The maximum Gasteiger partial charge on any atom is 0.126 e. The van der Waals surface area contributed by atoms with Crippen LogP contribution in [0, 0.1) is 11.7 Å². The summed E-state index contributed by atoms with van der Waals surface area (Å²) in [5, 5.41) is 0. The number of halogens is 1. The molecule has 15 heavy (non-hydrogen) atoms. The summed E-state index contributed by atoms with van der Waals surface area (Å²) in [6.07, 6.45) is 7.14. The highest BCUT2D eigenvalue weighted by atomic mass is 19.1. The van der Waals surface area contributed by atoms with E-state index in [9.17, 15) is 4.39 Å². The molecule has 1 aliphatic rings. The Morgan fingerprint density at radius 2 is 2.13 bits per heavy atom. The van der Waals surface area contributed by atoms with Crippen molar-refractivity contribution in [2.24, 2.45) is 5.92 Å². The zero-order valence-corrected chi connectivity index (χ0v) is 9.43. The third kappa shape index (κ3) is 3.05. The quantitative estimate of drug-likeness (QED) is 0.679. The van der Waals surface area contributed by atoms with Crippen LogP contribution in [0.4, 0.5) is 4.39 Å². The second-order valence-electron chi connectivity index (χ2n) is 4.61. The summed E-state index contributed by atoms with van der Waals surface area (Å²) in [6.45, 7) is 2.11. The first kappa shape index (κ1) is 10.7. The predicted octanol–water partition coefficient (Wildman–Crippen LogP) is 4.12. The summed E-state index contributed by atoms with van der Waals surface area (Å²) >= 11 is 0. The van der Waals surface area contributed by atoms with Crippen molar-refractivity contribution >= 4 is 0 Å².